The fourth-order valence-corrected chi connectivity index (χ4v) is 1.67. The molecule has 0 aliphatic heterocycles. The summed E-state index contributed by atoms with van der Waals surface area (Å²) in [5.74, 6) is 0.624. The van der Waals surface area contributed by atoms with Crippen molar-refractivity contribution in [3.8, 4) is 0 Å². The fourth-order valence-electron chi connectivity index (χ4n) is 1.67. The Labute approximate surface area is 100 Å². The molecule has 0 aliphatic rings. The van der Waals surface area contributed by atoms with Crippen molar-refractivity contribution in [3.63, 3.8) is 0 Å². The van der Waals surface area contributed by atoms with Crippen LogP contribution in [-0.4, -0.2) is 15.7 Å². The highest BCUT2D eigenvalue weighted by molar-refractivity contribution is 6.03. The number of anilines is 1. The van der Waals surface area contributed by atoms with Gasteiger partial charge in [-0.15, -0.1) is 0 Å². The summed E-state index contributed by atoms with van der Waals surface area (Å²) in [7, 11) is 0. The molecule has 0 radical (unpaired) electrons. The smallest absolute Gasteiger partial charge is 0.256 e. The molecule has 0 atom stereocenters. The van der Waals surface area contributed by atoms with E-state index in [0.717, 1.165) is 18.1 Å². The second-order valence-electron chi connectivity index (χ2n) is 3.81. The number of nitrogens with one attached hydrogen (secondary N) is 1. The Bertz CT molecular complexity index is 517. The zero-order valence-electron chi connectivity index (χ0n) is 9.97. The van der Waals surface area contributed by atoms with Gasteiger partial charge in [0.1, 0.15) is 5.82 Å². The van der Waals surface area contributed by atoms with Crippen LogP contribution in [0.25, 0.3) is 0 Å². The molecule has 4 nitrogen and oxygen atoms in total. The van der Waals surface area contributed by atoms with Gasteiger partial charge in [-0.1, -0.05) is 18.2 Å². The number of hydrogen-bond acceptors (Lipinski definition) is 2. The van der Waals surface area contributed by atoms with Gasteiger partial charge < -0.3 is 5.32 Å². The van der Waals surface area contributed by atoms with Gasteiger partial charge in [-0.3, -0.25) is 4.79 Å². The average molecular weight is 229 g/mol. The van der Waals surface area contributed by atoms with E-state index in [-0.39, 0.29) is 5.91 Å². The van der Waals surface area contributed by atoms with Gasteiger partial charge in [-0.25, -0.2) is 4.68 Å². The third kappa shape index (κ3) is 2.53. The molecular formula is C13H15N3O. The quantitative estimate of drug-likeness (QED) is 0.878. The first-order chi connectivity index (χ1) is 8.20. The largest absolute Gasteiger partial charge is 0.307 e. The van der Waals surface area contributed by atoms with Crippen molar-refractivity contribution in [1.29, 1.82) is 0 Å². The molecule has 0 unspecified atom stereocenters. The molecule has 0 fully saturated rings. The van der Waals surface area contributed by atoms with Crippen LogP contribution in [0.1, 0.15) is 23.0 Å². The lowest BCUT2D eigenvalue weighted by molar-refractivity contribution is 0.102. The average Bonchev–Trinajstić information content (AvgIpc) is 2.70. The first-order valence-electron chi connectivity index (χ1n) is 5.61. The van der Waals surface area contributed by atoms with Crippen molar-refractivity contribution < 1.29 is 4.79 Å². The van der Waals surface area contributed by atoms with Gasteiger partial charge >= 0.3 is 0 Å². The van der Waals surface area contributed by atoms with E-state index in [1.54, 1.807) is 16.8 Å². The third-order valence-electron chi connectivity index (χ3n) is 2.48. The summed E-state index contributed by atoms with van der Waals surface area (Å²) < 4.78 is 1.77. The van der Waals surface area contributed by atoms with Gasteiger partial charge in [-0.05, 0) is 26.0 Å². The molecule has 4 heteroatoms. The lowest BCUT2D eigenvalue weighted by atomic mass is 10.2. The molecular weight excluding hydrogens is 214 g/mol. The summed E-state index contributed by atoms with van der Waals surface area (Å²) >= 11 is 0. The van der Waals surface area contributed by atoms with Gasteiger partial charge in [0.2, 0.25) is 0 Å². The number of rotatable bonds is 3. The van der Waals surface area contributed by atoms with Crippen LogP contribution in [0.4, 0.5) is 5.82 Å². The second kappa shape index (κ2) is 4.82. The minimum absolute atomic E-state index is 0.111. The molecule has 1 aromatic carbocycles. The molecule has 2 aromatic rings. The monoisotopic (exact) mass is 229 g/mol. The summed E-state index contributed by atoms with van der Waals surface area (Å²) in [6, 6.07) is 11.0. The summed E-state index contributed by atoms with van der Waals surface area (Å²) in [5.41, 5.74) is 1.55. The highest BCUT2D eigenvalue weighted by Gasteiger charge is 2.09. The van der Waals surface area contributed by atoms with E-state index in [2.05, 4.69) is 10.4 Å². The number of aromatic nitrogens is 2. The zero-order chi connectivity index (χ0) is 12.3. The van der Waals surface area contributed by atoms with Crippen molar-refractivity contribution >= 4 is 11.7 Å². The molecule has 0 aliphatic carbocycles. The Kier molecular flexibility index (Phi) is 3.23. The van der Waals surface area contributed by atoms with E-state index in [1.807, 2.05) is 38.1 Å². The molecule has 0 spiro atoms. The number of amides is 1. The van der Waals surface area contributed by atoms with Gasteiger partial charge in [-0.2, -0.15) is 5.10 Å². The van der Waals surface area contributed by atoms with E-state index >= 15 is 0 Å². The van der Waals surface area contributed by atoms with Crippen LogP contribution < -0.4 is 5.32 Å². The van der Waals surface area contributed by atoms with Gasteiger partial charge in [0.05, 0.1) is 5.69 Å². The van der Waals surface area contributed by atoms with E-state index in [9.17, 15) is 4.79 Å². The van der Waals surface area contributed by atoms with Crippen LogP contribution in [0.3, 0.4) is 0 Å². The van der Waals surface area contributed by atoms with Crippen LogP contribution >= 0.6 is 0 Å². The highest BCUT2D eigenvalue weighted by atomic mass is 16.1. The number of carbonyl (C=O) groups excluding carboxylic acids is 1. The summed E-state index contributed by atoms with van der Waals surface area (Å²) in [5, 5.41) is 7.14. The topological polar surface area (TPSA) is 46.9 Å². The Morgan fingerprint density at radius 2 is 2.06 bits per heavy atom. The van der Waals surface area contributed by atoms with Crippen molar-refractivity contribution in [2.45, 2.75) is 20.4 Å². The van der Waals surface area contributed by atoms with Gasteiger partial charge in [0.15, 0.2) is 0 Å². The van der Waals surface area contributed by atoms with Gasteiger partial charge in [0, 0.05) is 18.2 Å². The predicted octanol–water partition coefficient (Wildman–Crippen LogP) is 2.46. The maximum Gasteiger partial charge on any atom is 0.256 e. The lowest BCUT2D eigenvalue weighted by Gasteiger charge is -2.06. The Morgan fingerprint density at radius 1 is 1.35 bits per heavy atom. The molecule has 2 rings (SSSR count). The third-order valence-corrected chi connectivity index (χ3v) is 2.48. The molecule has 17 heavy (non-hydrogen) atoms. The van der Waals surface area contributed by atoms with Crippen LogP contribution in [-0.2, 0) is 6.54 Å². The van der Waals surface area contributed by atoms with Crippen LogP contribution in [0.2, 0.25) is 0 Å². The molecule has 0 saturated heterocycles. The highest BCUT2D eigenvalue weighted by Crippen LogP contribution is 2.11. The van der Waals surface area contributed by atoms with Crippen molar-refractivity contribution in [2.75, 3.05) is 5.32 Å². The zero-order valence-corrected chi connectivity index (χ0v) is 9.97. The number of benzene rings is 1. The normalized spacial score (nSPS) is 10.2. The van der Waals surface area contributed by atoms with E-state index in [0.29, 0.717) is 5.56 Å². The van der Waals surface area contributed by atoms with Gasteiger partial charge in [0.25, 0.3) is 5.91 Å². The molecule has 1 N–H and O–H groups in total. The molecule has 0 bridgehead atoms. The molecule has 1 amide bonds. The summed E-state index contributed by atoms with van der Waals surface area (Å²) in [4.78, 5) is 11.9. The molecule has 0 saturated carbocycles. The summed E-state index contributed by atoms with van der Waals surface area (Å²) in [6.45, 7) is 4.63. The maximum absolute atomic E-state index is 11.9. The minimum Gasteiger partial charge on any atom is -0.307 e. The Morgan fingerprint density at radius 3 is 2.71 bits per heavy atom. The number of carbonyl (C=O) groups is 1. The second-order valence-corrected chi connectivity index (χ2v) is 3.81. The number of nitrogens with zero attached hydrogens (tertiary/aromatic N) is 2. The molecule has 1 aromatic heterocycles. The van der Waals surface area contributed by atoms with Crippen molar-refractivity contribution in [1.82, 2.24) is 9.78 Å². The fraction of sp³-hybridized carbons (Fsp3) is 0.231. The first kappa shape index (κ1) is 11.4. The van der Waals surface area contributed by atoms with Crippen LogP contribution in [0.15, 0.2) is 36.4 Å². The maximum atomic E-state index is 11.9. The summed E-state index contributed by atoms with van der Waals surface area (Å²) in [6.07, 6.45) is 0. The number of aryl methyl sites for hydroxylation is 2. The lowest BCUT2D eigenvalue weighted by Crippen LogP contribution is -2.15. The number of hydrogen-bond donors (Lipinski definition) is 1. The van der Waals surface area contributed by atoms with Crippen molar-refractivity contribution in [3.05, 3.63) is 47.7 Å². The molecule has 88 valence electrons. The first-order valence-corrected chi connectivity index (χ1v) is 5.61. The SMILES string of the molecule is CCn1nc(C)cc1NC(=O)c1ccccc1. The minimum atomic E-state index is -0.111. The Hall–Kier alpha value is -2.10. The van der Waals surface area contributed by atoms with Crippen molar-refractivity contribution in [2.24, 2.45) is 0 Å². The van der Waals surface area contributed by atoms with Crippen LogP contribution in [0.5, 0.6) is 0 Å². The standard InChI is InChI=1S/C13H15N3O/c1-3-16-12(9-10(2)15-16)14-13(17)11-7-5-4-6-8-11/h4-9H,3H2,1-2H3,(H,14,17). The van der Waals surface area contributed by atoms with E-state index in [1.165, 1.54) is 0 Å². The van der Waals surface area contributed by atoms with E-state index in [4.69, 9.17) is 0 Å². The van der Waals surface area contributed by atoms with Crippen LogP contribution in [0, 0.1) is 6.92 Å². The van der Waals surface area contributed by atoms with E-state index < -0.39 is 0 Å². The predicted molar refractivity (Wildman–Crippen MR) is 67.0 cm³/mol. The Balaban J connectivity index is 2.18. The molecule has 1 heterocycles.